The summed E-state index contributed by atoms with van der Waals surface area (Å²) in [6.45, 7) is 2.82. The van der Waals surface area contributed by atoms with Gasteiger partial charge in [0.15, 0.2) is 0 Å². The van der Waals surface area contributed by atoms with Crippen molar-refractivity contribution in [1.82, 2.24) is 5.32 Å². The molecule has 1 aromatic carbocycles. The molecule has 0 saturated heterocycles. The summed E-state index contributed by atoms with van der Waals surface area (Å²) >= 11 is 0. The molecule has 2 N–H and O–H groups in total. The van der Waals surface area contributed by atoms with Crippen LogP contribution in [0.3, 0.4) is 0 Å². The number of aliphatic hydroxyl groups is 1. The lowest BCUT2D eigenvalue weighted by Gasteiger charge is -2.17. The number of fused-ring (bicyclic) bond motifs is 1. The number of hydrogen-bond acceptors (Lipinski definition) is 2. The molecule has 0 saturated carbocycles. The summed E-state index contributed by atoms with van der Waals surface area (Å²) in [5, 5.41) is 13.2. The molecule has 2 nitrogen and oxygen atoms in total. The fourth-order valence-electron chi connectivity index (χ4n) is 2.48. The second-order valence-electron chi connectivity index (χ2n) is 4.64. The minimum atomic E-state index is -0.197. The first-order valence-electron chi connectivity index (χ1n) is 6.30. The molecule has 1 aromatic rings. The van der Waals surface area contributed by atoms with Gasteiger partial charge < -0.3 is 10.4 Å². The SMILES string of the molecule is CCCC(O)CNC1CCc2ccccc21. The van der Waals surface area contributed by atoms with E-state index in [1.54, 1.807) is 0 Å². The van der Waals surface area contributed by atoms with Crippen molar-refractivity contribution >= 4 is 0 Å². The van der Waals surface area contributed by atoms with Crippen molar-refractivity contribution in [3.05, 3.63) is 35.4 Å². The van der Waals surface area contributed by atoms with Gasteiger partial charge in [-0.3, -0.25) is 0 Å². The van der Waals surface area contributed by atoms with Crippen LogP contribution in [-0.2, 0) is 6.42 Å². The van der Waals surface area contributed by atoms with Gasteiger partial charge in [0.2, 0.25) is 0 Å². The van der Waals surface area contributed by atoms with Crippen LogP contribution in [0.15, 0.2) is 24.3 Å². The molecule has 88 valence electrons. The molecular weight excluding hydrogens is 198 g/mol. The molecule has 0 radical (unpaired) electrons. The average molecular weight is 219 g/mol. The second-order valence-corrected chi connectivity index (χ2v) is 4.64. The van der Waals surface area contributed by atoms with E-state index in [2.05, 4.69) is 36.5 Å². The van der Waals surface area contributed by atoms with Crippen molar-refractivity contribution in [2.24, 2.45) is 0 Å². The van der Waals surface area contributed by atoms with Crippen LogP contribution in [0, 0.1) is 0 Å². The van der Waals surface area contributed by atoms with Crippen LogP contribution in [-0.4, -0.2) is 17.8 Å². The highest BCUT2D eigenvalue weighted by Gasteiger charge is 2.21. The van der Waals surface area contributed by atoms with Gasteiger partial charge in [-0.1, -0.05) is 37.6 Å². The van der Waals surface area contributed by atoms with Crippen LogP contribution in [0.25, 0.3) is 0 Å². The predicted molar refractivity (Wildman–Crippen MR) is 66.4 cm³/mol. The first kappa shape index (κ1) is 11.6. The third-order valence-corrected chi connectivity index (χ3v) is 3.35. The Morgan fingerprint density at radius 3 is 3.06 bits per heavy atom. The second kappa shape index (κ2) is 5.46. The minimum absolute atomic E-state index is 0.197. The molecule has 1 aliphatic carbocycles. The van der Waals surface area contributed by atoms with Crippen molar-refractivity contribution in [3.63, 3.8) is 0 Å². The lowest BCUT2D eigenvalue weighted by molar-refractivity contribution is 0.156. The molecule has 16 heavy (non-hydrogen) atoms. The summed E-state index contributed by atoms with van der Waals surface area (Å²) in [7, 11) is 0. The topological polar surface area (TPSA) is 32.3 Å². The van der Waals surface area contributed by atoms with Gasteiger partial charge in [0.05, 0.1) is 6.10 Å². The van der Waals surface area contributed by atoms with Crippen molar-refractivity contribution in [2.45, 2.75) is 44.8 Å². The predicted octanol–water partition coefficient (Wildman–Crippen LogP) is 2.42. The molecular formula is C14H21NO. The van der Waals surface area contributed by atoms with Crippen molar-refractivity contribution in [3.8, 4) is 0 Å². The first-order chi connectivity index (χ1) is 7.81. The number of hydrogen-bond donors (Lipinski definition) is 2. The van der Waals surface area contributed by atoms with Crippen LogP contribution in [0.1, 0.15) is 43.4 Å². The van der Waals surface area contributed by atoms with E-state index >= 15 is 0 Å². The molecule has 0 amide bonds. The summed E-state index contributed by atoms with van der Waals surface area (Å²) in [5.74, 6) is 0. The van der Waals surface area contributed by atoms with Gasteiger partial charge in [-0.15, -0.1) is 0 Å². The maximum Gasteiger partial charge on any atom is 0.0664 e. The molecule has 2 heteroatoms. The highest BCUT2D eigenvalue weighted by molar-refractivity contribution is 5.34. The molecule has 0 aliphatic heterocycles. The summed E-state index contributed by atoms with van der Waals surface area (Å²) < 4.78 is 0. The molecule has 2 unspecified atom stereocenters. The van der Waals surface area contributed by atoms with Crippen LogP contribution in [0.2, 0.25) is 0 Å². The van der Waals surface area contributed by atoms with E-state index in [0.29, 0.717) is 12.6 Å². The van der Waals surface area contributed by atoms with Crippen LogP contribution in [0.5, 0.6) is 0 Å². The van der Waals surface area contributed by atoms with Crippen molar-refractivity contribution in [2.75, 3.05) is 6.54 Å². The smallest absolute Gasteiger partial charge is 0.0664 e. The maximum absolute atomic E-state index is 9.69. The van der Waals surface area contributed by atoms with Gasteiger partial charge in [-0.05, 0) is 30.4 Å². The average Bonchev–Trinajstić information content (AvgIpc) is 2.70. The van der Waals surface area contributed by atoms with Crippen molar-refractivity contribution in [1.29, 1.82) is 0 Å². The van der Waals surface area contributed by atoms with E-state index in [4.69, 9.17) is 0 Å². The minimum Gasteiger partial charge on any atom is -0.392 e. The van der Waals surface area contributed by atoms with E-state index < -0.39 is 0 Å². The van der Waals surface area contributed by atoms with E-state index in [0.717, 1.165) is 25.7 Å². The highest BCUT2D eigenvalue weighted by Crippen LogP contribution is 2.30. The zero-order valence-corrected chi connectivity index (χ0v) is 9.95. The summed E-state index contributed by atoms with van der Waals surface area (Å²) in [6, 6.07) is 9.06. The Hall–Kier alpha value is -0.860. The monoisotopic (exact) mass is 219 g/mol. The van der Waals surface area contributed by atoms with Crippen LogP contribution in [0.4, 0.5) is 0 Å². The Kier molecular flexibility index (Phi) is 3.97. The lowest BCUT2D eigenvalue weighted by atomic mass is 10.1. The largest absolute Gasteiger partial charge is 0.392 e. The molecule has 0 aromatic heterocycles. The van der Waals surface area contributed by atoms with Gasteiger partial charge in [0.25, 0.3) is 0 Å². The normalized spacial score (nSPS) is 20.8. The number of aliphatic hydroxyl groups excluding tert-OH is 1. The number of nitrogens with one attached hydrogen (secondary N) is 1. The number of benzene rings is 1. The fraction of sp³-hybridized carbons (Fsp3) is 0.571. The van der Waals surface area contributed by atoms with Gasteiger partial charge >= 0.3 is 0 Å². The van der Waals surface area contributed by atoms with Crippen LogP contribution < -0.4 is 5.32 Å². The van der Waals surface area contributed by atoms with Gasteiger partial charge in [-0.2, -0.15) is 0 Å². The van der Waals surface area contributed by atoms with Crippen LogP contribution >= 0.6 is 0 Å². The Morgan fingerprint density at radius 2 is 2.25 bits per heavy atom. The molecule has 2 rings (SSSR count). The van der Waals surface area contributed by atoms with E-state index in [9.17, 15) is 5.11 Å². The molecule has 0 fully saturated rings. The fourth-order valence-corrected chi connectivity index (χ4v) is 2.48. The molecule has 0 heterocycles. The van der Waals surface area contributed by atoms with Crippen molar-refractivity contribution < 1.29 is 5.11 Å². The Labute approximate surface area is 97.7 Å². The Bertz CT molecular complexity index is 337. The maximum atomic E-state index is 9.69. The number of rotatable bonds is 5. The lowest BCUT2D eigenvalue weighted by Crippen LogP contribution is -2.29. The first-order valence-corrected chi connectivity index (χ1v) is 6.30. The van der Waals surface area contributed by atoms with E-state index in [1.807, 2.05) is 0 Å². The summed E-state index contributed by atoms with van der Waals surface area (Å²) in [4.78, 5) is 0. The molecule has 0 spiro atoms. The third kappa shape index (κ3) is 2.63. The molecule has 0 bridgehead atoms. The highest BCUT2D eigenvalue weighted by atomic mass is 16.3. The van der Waals surface area contributed by atoms with Gasteiger partial charge in [0.1, 0.15) is 0 Å². The summed E-state index contributed by atoms with van der Waals surface area (Å²) in [5.41, 5.74) is 2.89. The number of aryl methyl sites for hydroxylation is 1. The standard InChI is InChI=1S/C14H21NO/c1-2-5-12(16)10-15-14-9-8-11-6-3-4-7-13(11)14/h3-4,6-7,12,14-16H,2,5,8-10H2,1H3. The summed E-state index contributed by atoms with van der Waals surface area (Å²) in [6.07, 6.45) is 4.07. The Balaban J connectivity index is 1.88. The van der Waals surface area contributed by atoms with E-state index in [1.165, 1.54) is 11.1 Å². The van der Waals surface area contributed by atoms with Gasteiger partial charge in [0, 0.05) is 12.6 Å². The zero-order chi connectivity index (χ0) is 11.4. The van der Waals surface area contributed by atoms with Gasteiger partial charge in [-0.25, -0.2) is 0 Å². The molecule has 1 aliphatic rings. The quantitative estimate of drug-likeness (QED) is 0.797. The van der Waals surface area contributed by atoms with E-state index in [-0.39, 0.29) is 6.10 Å². The Morgan fingerprint density at radius 1 is 1.44 bits per heavy atom. The zero-order valence-electron chi connectivity index (χ0n) is 9.95. The third-order valence-electron chi connectivity index (χ3n) is 3.35. The molecule has 2 atom stereocenters.